The number of aromatic nitrogens is 2. The lowest BCUT2D eigenvalue weighted by Crippen LogP contribution is -2.38. The van der Waals surface area contributed by atoms with Crippen molar-refractivity contribution >= 4 is 5.91 Å². The Kier molecular flexibility index (Phi) is 5.38. The lowest BCUT2D eigenvalue weighted by Gasteiger charge is -2.22. The van der Waals surface area contributed by atoms with Crippen molar-refractivity contribution in [2.45, 2.75) is 13.1 Å². The van der Waals surface area contributed by atoms with E-state index in [0.29, 0.717) is 17.3 Å². The number of hydrogen-bond donors (Lipinski definition) is 0. The number of methoxy groups -OCH3 is 1. The third kappa shape index (κ3) is 4.43. The number of ether oxygens (including phenoxy) is 1. The molecule has 128 valence electrons. The molecule has 0 aliphatic carbocycles. The van der Waals surface area contributed by atoms with Gasteiger partial charge in [-0.3, -0.25) is 4.79 Å². The van der Waals surface area contributed by atoms with Gasteiger partial charge in [0.25, 0.3) is 5.91 Å². The van der Waals surface area contributed by atoms with E-state index in [9.17, 15) is 18.0 Å². The minimum absolute atomic E-state index is 0.0434. The highest BCUT2D eigenvalue weighted by molar-refractivity contribution is 5.95. The molecule has 8 heteroatoms. The predicted octanol–water partition coefficient (Wildman–Crippen LogP) is 3.18. The SMILES string of the molecule is CCN(CC(F)(F)F)C(=O)c1cccc(-c2nccc(OC)n2)c1. The van der Waals surface area contributed by atoms with Crippen LogP contribution < -0.4 is 4.74 Å². The van der Waals surface area contributed by atoms with Gasteiger partial charge in [-0.1, -0.05) is 12.1 Å². The van der Waals surface area contributed by atoms with E-state index in [2.05, 4.69) is 9.97 Å². The monoisotopic (exact) mass is 339 g/mol. The number of nitrogens with zero attached hydrogens (tertiary/aromatic N) is 3. The Morgan fingerprint density at radius 1 is 1.29 bits per heavy atom. The molecule has 0 radical (unpaired) electrons. The van der Waals surface area contributed by atoms with E-state index in [4.69, 9.17) is 4.74 Å². The van der Waals surface area contributed by atoms with Crippen molar-refractivity contribution in [1.29, 1.82) is 0 Å². The Hall–Kier alpha value is -2.64. The molecule has 0 unspecified atom stereocenters. The van der Waals surface area contributed by atoms with Gasteiger partial charge in [-0.2, -0.15) is 18.2 Å². The number of hydrogen-bond acceptors (Lipinski definition) is 4. The van der Waals surface area contributed by atoms with Crippen LogP contribution in [0.15, 0.2) is 36.5 Å². The van der Waals surface area contributed by atoms with Gasteiger partial charge in [0.05, 0.1) is 7.11 Å². The third-order valence-corrected chi connectivity index (χ3v) is 3.25. The minimum Gasteiger partial charge on any atom is -0.481 e. The summed E-state index contributed by atoms with van der Waals surface area (Å²) < 4.78 is 42.7. The maximum Gasteiger partial charge on any atom is 0.406 e. The van der Waals surface area contributed by atoms with Crippen molar-refractivity contribution in [3.05, 3.63) is 42.1 Å². The predicted molar refractivity (Wildman–Crippen MR) is 81.7 cm³/mol. The largest absolute Gasteiger partial charge is 0.481 e. The molecule has 24 heavy (non-hydrogen) atoms. The Morgan fingerprint density at radius 3 is 2.67 bits per heavy atom. The molecule has 0 saturated carbocycles. The molecule has 2 aromatic rings. The van der Waals surface area contributed by atoms with Crippen LogP contribution in [0.25, 0.3) is 11.4 Å². The van der Waals surface area contributed by atoms with E-state index in [-0.39, 0.29) is 12.1 Å². The van der Waals surface area contributed by atoms with Gasteiger partial charge < -0.3 is 9.64 Å². The van der Waals surface area contributed by atoms with Crippen molar-refractivity contribution in [3.63, 3.8) is 0 Å². The van der Waals surface area contributed by atoms with Gasteiger partial charge in [0.1, 0.15) is 6.54 Å². The number of halogens is 3. The second-order valence-electron chi connectivity index (χ2n) is 4.94. The van der Waals surface area contributed by atoms with Crippen LogP contribution in [0.3, 0.4) is 0 Å². The van der Waals surface area contributed by atoms with Gasteiger partial charge in [-0.05, 0) is 19.1 Å². The average molecular weight is 339 g/mol. The molecule has 0 spiro atoms. The molecule has 1 amide bonds. The molecule has 1 aromatic heterocycles. The van der Waals surface area contributed by atoms with Gasteiger partial charge in [-0.25, -0.2) is 4.98 Å². The smallest absolute Gasteiger partial charge is 0.406 e. The summed E-state index contributed by atoms with van der Waals surface area (Å²) in [5.41, 5.74) is 0.660. The summed E-state index contributed by atoms with van der Waals surface area (Å²) in [6, 6.07) is 7.75. The molecule has 0 N–H and O–H groups in total. The lowest BCUT2D eigenvalue weighted by atomic mass is 10.1. The Balaban J connectivity index is 2.30. The number of alkyl halides is 3. The standard InChI is InChI=1S/C16H16F3N3O2/c1-3-22(10-16(17,18)19)15(23)12-6-4-5-11(9-12)14-20-8-7-13(21-14)24-2/h4-9H,3,10H2,1-2H3. The molecule has 0 bridgehead atoms. The highest BCUT2D eigenvalue weighted by Crippen LogP contribution is 2.21. The average Bonchev–Trinajstić information content (AvgIpc) is 2.58. The number of carbonyl (C=O) groups excluding carboxylic acids is 1. The minimum atomic E-state index is -4.45. The van der Waals surface area contributed by atoms with Gasteiger partial charge in [0.15, 0.2) is 5.82 Å². The van der Waals surface area contributed by atoms with E-state index in [1.54, 1.807) is 18.2 Å². The van der Waals surface area contributed by atoms with Crippen LogP contribution in [-0.2, 0) is 0 Å². The van der Waals surface area contributed by atoms with E-state index in [1.165, 1.54) is 32.4 Å². The van der Waals surface area contributed by atoms with Crippen molar-refractivity contribution in [1.82, 2.24) is 14.9 Å². The zero-order valence-electron chi connectivity index (χ0n) is 13.2. The summed E-state index contributed by atoms with van der Waals surface area (Å²) in [5.74, 6) is -0.0218. The van der Waals surface area contributed by atoms with E-state index < -0.39 is 18.6 Å². The first kappa shape index (κ1) is 17.7. The third-order valence-electron chi connectivity index (χ3n) is 3.25. The van der Waals surface area contributed by atoms with Crippen LogP contribution in [0.2, 0.25) is 0 Å². The number of benzene rings is 1. The summed E-state index contributed by atoms with van der Waals surface area (Å²) in [4.78, 5) is 21.3. The molecule has 0 fully saturated rings. The second-order valence-corrected chi connectivity index (χ2v) is 4.94. The van der Waals surface area contributed by atoms with Crippen molar-refractivity contribution in [3.8, 4) is 17.3 Å². The molecule has 1 aromatic carbocycles. The molecule has 0 aliphatic rings. The van der Waals surface area contributed by atoms with Crippen molar-refractivity contribution in [2.24, 2.45) is 0 Å². The maximum atomic E-state index is 12.6. The summed E-state index contributed by atoms with van der Waals surface area (Å²) in [6.07, 6.45) is -2.95. The fourth-order valence-electron chi connectivity index (χ4n) is 2.11. The number of carbonyl (C=O) groups is 1. The van der Waals surface area contributed by atoms with Crippen LogP contribution in [0, 0.1) is 0 Å². The molecule has 0 atom stereocenters. The molecule has 1 heterocycles. The zero-order valence-corrected chi connectivity index (χ0v) is 13.2. The molecule has 5 nitrogen and oxygen atoms in total. The quantitative estimate of drug-likeness (QED) is 0.840. The number of amides is 1. The van der Waals surface area contributed by atoms with Crippen LogP contribution in [0.1, 0.15) is 17.3 Å². The Bertz CT molecular complexity index is 720. The Morgan fingerprint density at radius 2 is 2.04 bits per heavy atom. The summed E-state index contributed by atoms with van der Waals surface area (Å²) >= 11 is 0. The van der Waals surface area contributed by atoms with Crippen molar-refractivity contribution < 1.29 is 22.7 Å². The normalized spacial score (nSPS) is 11.2. The van der Waals surface area contributed by atoms with E-state index in [1.807, 2.05) is 0 Å². The van der Waals surface area contributed by atoms with Gasteiger partial charge in [-0.15, -0.1) is 0 Å². The van der Waals surface area contributed by atoms with Crippen LogP contribution >= 0.6 is 0 Å². The lowest BCUT2D eigenvalue weighted by molar-refractivity contribution is -0.140. The first-order chi connectivity index (χ1) is 11.3. The highest BCUT2D eigenvalue weighted by atomic mass is 19.4. The fourth-order valence-corrected chi connectivity index (χ4v) is 2.11. The fraction of sp³-hybridized carbons (Fsp3) is 0.312. The second kappa shape index (κ2) is 7.29. The first-order valence-corrected chi connectivity index (χ1v) is 7.17. The summed E-state index contributed by atoms with van der Waals surface area (Å²) in [7, 11) is 1.46. The highest BCUT2D eigenvalue weighted by Gasteiger charge is 2.32. The van der Waals surface area contributed by atoms with Gasteiger partial charge in [0, 0.05) is 29.9 Å². The topological polar surface area (TPSA) is 55.3 Å². The van der Waals surface area contributed by atoms with Crippen LogP contribution in [0.4, 0.5) is 13.2 Å². The zero-order chi connectivity index (χ0) is 17.7. The molecular formula is C16H16F3N3O2. The van der Waals surface area contributed by atoms with Gasteiger partial charge in [0.2, 0.25) is 5.88 Å². The van der Waals surface area contributed by atoms with E-state index in [0.717, 1.165) is 4.90 Å². The Labute approximate surface area is 137 Å². The van der Waals surface area contributed by atoms with Crippen molar-refractivity contribution in [2.75, 3.05) is 20.2 Å². The summed E-state index contributed by atoms with van der Waals surface area (Å²) in [5, 5.41) is 0. The van der Waals surface area contributed by atoms with Gasteiger partial charge >= 0.3 is 6.18 Å². The van der Waals surface area contributed by atoms with Crippen LogP contribution in [0.5, 0.6) is 5.88 Å². The molecule has 0 saturated heterocycles. The number of rotatable bonds is 5. The molecule has 0 aliphatic heterocycles. The maximum absolute atomic E-state index is 12.6. The molecular weight excluding hydrogens is 323 g/mol. The van der Waals surface area contributed by atoms with Crippen LogP contribution in [-0.4, -0.2) is 47.2 Å². The first-order valence-electron chi connectivity index (χ1n) is 7.17. The van der Waals surface area contributed by atoms with E-state index >= 15 is 0 Å². The molecule has 2 rings (SSSR count). The summed E-state index contributed by atoms with van der Waals surface area (Å²) in [6.45, 7) is 0.166.